The van der Waals surface area contributed by atoms with E-state index in [9.17, 15) is 14.9 Å². The van der Waals surface area contributed by atoms with Crippen LogP contribution in [0.1, 0.15) is 60.2 Å². The summed E-state index contributed by atoms with van der Waals surface area (Å²) in [5.41, 5.74) is 0.966. The number of carbonyl (C=O) groups excluding carboxylic acids is 1. The third kappa shape index (κ3) is 6.60. The van der Waals surface area contributed by atoms with E-state index in [2.05, 4.69) is 10.6 Å². The highest BCUT2D eigenvalue weighted by molar-refractivity contribution is 7.80. The summed E-state index contributed by atoms with van der Waals surface area (Å²) in [6.07, 6.45) is 8.29. The van der Waals surface area contributed by atoms with Gasteiger partial charge in [0, 0.05) is 18.7 Å². The van der Waals surface area contributed by atoms with Crippen molar-refractivity contribution in [3.05, 3.63) is 62.3 Å². The van der Waals surface area contributed by atoms with Gasteiger partial charge in [0.1, 0.15) is 0 Å². The van der Waals surface area contributed by atoms with Crippen LogP contribution in [-0.4, -0.2) is 21.9 Å². The first-order valence-corrected chi connectivity index (χ1v) is 11.7. The highest BCUT2D eigenvalue weighted by atomic mass is 32.1. The molecule has 0 radical (unpaired) electrons. The molecule has 1 aliphatic rings. The molecule has 1 aromatic carbocycles. The smallest absolute Gasteiger partial charge is 0.269 e. The van der Waals surface area contributed by atoms with Crippen LogP contribution in [-0.2, 0) is 6.54 Å². The summed E-state index contributed by atoms with van der Waals surface area (Å²) in [6.45, 7) is 0.464. The lowest BCUT2D eigenvalue weighted by atomic mass is 9.85. The number of benzene rings is 1. The molecule has 1 amide bonds. The number of thiocarbonyl (C=S) groups is 1. The Kier molecular flexibility index (Phi) is 8.33. The molecule has 0 unspecified atom stereocenters. The molecule has 3 rings (SSSR count). The Morgan fingerprint density at radius 3 is 2.57 bits per heavy atom. The van der Waals surface area contributed by atoms with E-state index in [1.165, 1.54) is 55.6 Å². The summed E-state index contributed by atoms with van der Waals surface area (Å²) in [5, 5.41) is 19.0. The maximum absolute atomic E-state index is 12.6. The lowest BCUT2D eigenvalue weighted by Gasteiger charge is -2.25. The second-order valence-corrected chi connectivity index (χ2v) is 9.11. The molecular formula is C22H27N3O3S2. The molecule has 1 atom stereocenters. The lowest BCUT2D eigenvalue weighted by Crippen LogP contribution is -2.45. The summed E-state index contributed by atoms with van der Waals surface area (Å²) >= 11 is 7.04. The van der Waals surface area contributed by atoms with Gasteiger partial charge in [0.15, 0.2) is 0 Å². The molecule has 1 saturated carbocycles. The summed E-state index contributed by atoms with van der Waals surface area (Å²) in [7, 11) is 0. The number of rotatable bonds is 9. The molecule has 0 aliphatic heterocycles. The first-order valence-electron chi connectivity index (χ1n) is 10.4. The summed E-state index contributed by atoms with van der Waals surface area (Å²) in [6, 6.07) is 9.85. The Morgan fingerprint density at radius 2 is 1.93 bits per heavy atom. The van der Waals surface area contributed by atoms with Gasteiger partial charge in [0.2, 0.25) is 0 Å². The second-order valence-electron chi connectivity index (χ2n) is 7.73. The molecule has 0 saturated heterocycles. The van der Waals surface area contributed by atoms with Gasteiger partial charge in [0.25, 0.3) is 11.6 Å². The number of non-ortho nitro benzene ring substituents is 1. The molecule has 1 aliphatic carbocycles. The van der Waals surface area contributed by atoms with Crippen LogP contribution in [0.2, 0.25) is 0 Å². The molecule has 6 nitrogen and oxygen atoms in total. The molecule has 2 N–H and O–H groups in total. The summed E-state index contributed by atoms with van der Waals surface area (Å²) in [5.74, 6) is 0.607. The van der Waals surface area contributed by atoms with Gasteiger partial charge >= 0.3 is 0 Å². The maximum Gasteiger partial charge on any atom is 0.269 e. The van der Waals surface area contributed by atoms with E-state index < -0.39 is 4.92 Å². The van der Waals surface area contributed by atoms with E-state index in [-0.39, 0.29) is 17.6 Å². The minimum atomic E-state index is -0.413. The summed E-state index contributed by atoms with van der Waals surface area (Å²) in [4.78, 5) is 24.3. The van der Waals surface area contributed by atoms with Crippen molar-refractivity contribution in [2.45, 2.75) is 57.5 Å². The van der Waals surface area contributed by atoms with Crippen LogP contribution in [0.4, 0.5) is 5.69 Å². The van der Waals surface area contributed by atoms with Crippen molar-refractivity contribution in [3.63, 3.8) is 0 Å². The molecule has 8 heteroatoms. The van der Waals surface area contributed by atoms with Crippen molar-refractivity contribution in [1.82, 2.24) is 10.6 Å². The van der Waals surface area contributed by atoms with E-state index in [1.807, 2.05) is 17.5 Å². The minimum Gasteiger partial charge on any atom is -0.374 e. The van der Waals surface area contributed by atoms with Crippen LogP contribution < -0.4 is 10.6 Å². The highest BCUT2D eigenvalue weighted by Gasteiger charge is 2.22. The Labute approximate surface area is 186 Å². The first kappa shape index (κ1) is 22.4. The molecular weight excluding hydrogens is 418 g/mol. The highest BCUT2D eigenvalue weighted by Crippen LogP contribution is 2.28. The fraction of sp³-hybridized carbons (Fsp3) is 0.455. The van der Waals surface area contributed by atoms with Crippen LogP contribution in [0.3, 0.4) is 0 Å². The van der Waals surface area contributed by atoms with Crippen molar-refractivity contribution in [3.8, 4) is 0 Å². The van der Waals surface area contributed by atoms with Crippen molar-refractivity contribution < 1.29 is 9.72 Å². The standard InChI is InChI=1S/C22H27N3O3S2/c26-21(20-7-4-14-30-20)24-19(13-10-16-5-2-1-3-6-16)22(29)23-15-17-8-11-18(12-9-17)25(27)28/h4,7-9,11-12,14,16,19H,1-3,5-6,10,13,15H2,(H,23,29)(H,24,26)/t19-/m1/s1. The average molecular weight is 446 g/mol. The molecule has 30 heavy (non-hydrogen) atoms. The van der Waals surface area contributed by atoms with Crippen LogP contribution in [0.25, 0.3) is 0 Å². The van der Waals surface area contributed by atoms with Gasteiger partial charge in [-0.25, -0.2) is 0 Å². The number of nitro groups is 1. The molecule has 2 aromatic rings. The van der Waals surface area contributed by atoms with E-state index in [0.717, 1.165) is 18.4 Å². The number of nitrogens with zero attached hydrogens (tertiary/aromatic N) is 1. The zero-order chi connectivity index (χ0) is 21.3. The SMILES string of the molecule is O=C(N[C@H](CCC1CCCCC1)C(=S)NCc1ccc([N+](=O)[O-])cc1)c1cccs1. The van der Waals surface area contributed by atoms with Crippen molar-refractivity contribution in [1.29, 1.82) is 0 Å². The third-order valence-corrected chi connectivity index (χ3v) is 6.87. The topological polar surface area (TPSA) is 84.3 Å². The fourth-order valence-electron chi connectivity index (χ4n) is 3.83. The monoisotopic (exact) mass is 445 g/mol. The van der Waals surface area contributed by atoms with Gasteiger partial charge in [0.05, 0.1) is 20.8 Å². The molecule has 0 spiro atoms. The van der Waals surface area contributed by atoms with E-state index in [0.29, 0.717) is 22.3 Å². The molecule has 1 fully saturated rings. The lowest BCUT2D eigenvalue weighted by molar-refractivity contribution is -0.384. The van der Waals surface area contributed by atoms with Crippen LogP contribution >= 0.6 is 23.6 Å². The van der Waals surface area contributed by atoms with Crippen LogP contribution in [0.15, 0.2) is 41.8 Å². The number of hydrogen-bond donors (Lipinski definition) is 2. The predicted molar refractivity (Wildman–Crippen MR) is 124 cm³/mol. The number of nitro benzene ring substituents is 1. The minimum absolute atomic E-state index is 0.0647. The zero-order valence-corrected chi connectivity index (χ0v) is 18.5. The molecule has 0 bridgehead atoms. The number of amides is 1. The van der Waals surface area contributed by atoms with Gasteiger partial charge in [-0.1, -0.05) is 62.5 Å². The number of hydrogen-bond acceptors (Lipinski definition) is 5. The van der Waals surface area contributed by atoms with Crippen molar-refractivity contribution in [2.75, 3.05) is 0 Å². The average Bonchev–Trinajstić information content (AvgIpc) is 3.31. The number of carbonyl (C=O) groups is 1. The van der Waals surface area contributed by atoms with Crippen molar-refractivity contribution >= 4 is 40.1 Å². The van der Waals surface area contributed by atoms with E-state index in [4.69, 9.17) is 12.2 Å². The largest absolute Gasteiger partial charge is 0.374 e. The van der Waals surface area contributed by atoms with E-state index in [1.54, 1.807) is 12.1 Å². The van der Waals surface area contributed by atoms with E-state index >= 15 is 0 Å². The molecule has 1 heterocycles. The quantitative estimate of drug-likeness (QED) is 0.314. The fourth-order valence-corrected chi connectivity index (χ4v) is 4.71. The Hall–Kier alpha value is -2.32. The van der Waals surface area contributed by atoms with Gasteiger partial charge in [-0.3, -0.25) is 14.9 Å². The Balaban J connectivity index is 1.59. The first-order chi connectivity index (χ1) is 14.5. The number of nitrogens with one attached hydrogen (secondary N) is 2. The Morgan fingerprint density at radius 1 is 1.20 bits per heavy atom. The molecule has 1 aromatic heterocycles. The van der Waals surface area contributed by atoms with Crippen LogP contribution in [0, 0.1) is 16.0 Å². The van der Waals surface area contributed by atoms with Gasteiger partial charge in [-0.05, 0) is 35.8 Å². The second kappa shape index (κ2) is 11.2. The van der Waals surface area contributed by atoms with Gasteiger partial charge in [-0.2, -0.15) is 0 Å². The zero-order valence-electron chi connectivity index (χ0n) is 16.8. The van der Waals surface area contributed by atoms with Gasteiger partial charge in [-0.15, -0.1) is 11.3 Å². The van der Waals surface area contributed by atoms with Gasteiger partial charge < -0.3 is 10.6 Å². The Bertz CT molecular complexity index is 847. The predicted octanol–water partition coefficient (Wildman–Crippen LogP) is 5.23. The normalized spacial score (nSPS) is 15.3. The number of thiophene rings is 1. The third-order valence-electron chi connectivity index (χ3n) is 5.57. The maximum atomic E-state index is 12.6. The molecule has 160 valence electrons. The van der Waals surface area contributed by atoms with Crippen molar-refractivity contribution in [2.24, 2.45) is 5.92 Å². The summed E-state index contributed by atoms with van der Waals surface area (Å²) < 4.78 is 0. The van der Waals surface area contributed by atoms with Crippen LogP contribution in [0.5, 0.6) is 0 Å².